The van der Waals surface area contributed by atoms with Crippen LogP contribution in [0.2, 0.25) is 10.0 Å². The molecule has 0 spiro atoms. The molecule has 1 unspecified atom stereocenters. The summed E-state index contributed by atoms with van der Waals surface area (Å²) in [5, 5.41) is 9.24. The van der Waals surface area contributed by atoms with Gasteiger partial charge in [-0.25, -0.2) is 0 Å². The maximum Gasteiger partial charge on any atom is 0.243 e. The van der Waals surface area contributed by atoms with Crippen molar-refractivity contribution in [2.75, 3.05) is 18.4 Å². The largest absolute Gasteiger partial charge is 0.346 e. The highest BCUT2D eigenvalue weighted by molar-refractivity contribution is 6.35. The first-order valence-corrected chi connectivity index (χ1v) is 7.58. The quantitative estimate of drug-likeness (QED) is 0.767. The lowest BCUT2D eigenvalue weighted by atomic mass is 10.0. The van der Waals surface area contributed by atoms with E-state index in [1.807, 2.05) is 0 Å². The minimum Gasteiger partial charge on any atom is -0.346 e. The van der Waals surface area contributed by atoms with E-state index in [1.54, 1.807) is 18.2 Å². The highest BCUT2D eigenvalue weighted by atomic mass is 35.5. The van der Waals surface area contributed by atoms with Gasteiger partial charge in [0.15, 0.2) is 0 Å². The van der Waals surface area contributed by atoms with Crippen LogP contribution in [0.5, 0.6) is 0 Å². The second-order valence-corrected chi connectivity index (χ2v) is 5.74. The molecule has 2 amide bonds. The van der Waals surface area contributed by atoms with Gasteiger partial charge in [0, 0.05) is 5.02 Å². The lowest BCUT2D eigenvalue weighted by molar-refractivity contribution is -0.126. The molecule has 8 heteroatoms. The van der Waals surface area contributed by atoms with Crippen molar-refractivity contribution in [3.05, 3.63) is 28.2 Å². The molecule has 0 aliphatic carbocycles. The average Bonchev–Trinajstić information content (AvgIpc) is 2.49. The molecular weight excluding hydrogens is 349 g/mol. The van der Waals surface area contributed by atoms with Crippen molar-refractivity contribution in [1.29, 1.82) is 0 Å². The van der Waals surface area contributed by atoms with Crippen LogP contribution in [-0.2, 0) is 9.59 Å². The number of benzene rings is 1. The third kappa shape index (κ3) is 5.65. The second kappa shape index (κ2) is 9.20. The first-order valence-electron chi connectivity index (χ1n) is 6.82. The van der Waals surface area contributed by atoms with E-state index in [1.165, 1.54) is 0 Å². The average molecular weight is 367 g/mol. The normalized spacial score (nSPS) is 17.3. The summed E-state index contributed by atoms with van der Waals surface area (Å²) in [7, 11) is 0. The maximum atomic E-state index is 11.9. The Labute approximate surface area is 145 Å². The van der Waals surface area contributed by atoms with Gasteiger partial charge in [-0.05, 0) is 37.6 Å². The summed E-state index contributed by atoms with van der Waals surface area (Å²) in [6.07, 6.45) is 2.90. The van der Waals surface area contributed by atoms with Crippen LogP contribution in [0.4, 0.5) is 5.69 Å². The Balaban J connectivity index is 0.00000242. The van der Waals surface area contributed by atoms with Gasteiger partial charge in [0.05, 0.1) is 23.3 Å². The molecule has 1 aromatic carbocycles. The third-order valence-corrected chi connectivity index (χ3v) is 3.82. The number of piperidine rings is 1. The van der Waals surface area contributed by atoms with Crippen molar-refractivity contribution in [3.8, 4) is 0 Å². The summed E-state index contributed by atoms with van der Waals surface area (Å²) in [5.41, 5.74) is 0.430. The summed E-state index contributed by atoms with van der Waals surface area (Å²) >= 11 is 11.8. The first-order chi connectivity index (χ1) is 10.1. The Morgan fingerprint density at radius 1 is 1.27 bits per heavy atom. The van der Waals surface area contributed by atoms with Gasteiger partial charge in [-0.1, -0.05) is 29.6 Å². The molecule has 2 rings (SSSR count). The third-order valence-electron chi connectivity index (χ3n) is 3.25. The number of anilines is 1. The summed E-state index contributed by atoms with van der Waals surface area (Å²) in [6.45, 7) is 0.738. The Kier molecular flexibility index (Phi) is 7.96. The Hall–Kier alpha value is -1.01. The number of halogens is 3. The second-order valence-electron chi connectivity index (χ2n) is 4.89. The zero-order valence-corrected chi connectivity index (χ0v) is 14.2. The van der Waals surface area contributed by atoms with Crippen LogP contribution in [0, 0.1) is 0 Å². The van der Waals surface area contributed by atoms with Crippen LogP contribution < -0.4 is 16.0 Å². The van der Waals surface area contributed by atoms with Gasteiger partial charge in [0.1, 0.15) is 0 Å². The minimum atomic E-state index is -0.344. The SMILES string of the molecule is Cl.O=C(CNC(=O)C1CCCCN1)Nc1cc(Cl)ccc1Cl. The number of hydrogen-bond donors (Lipinski definition) is 3. The van der Waals surface area contributed by atoms with E-state index in [0.717, 1.165) is 25.8 Å². The van der Waals surface area contributed by atoms with Crippen molar-refractivity contribution >= 4 is 53.1 Å². The van der Waals surface area contributed by atoms with Crippen LogP contribution in [0.25, 0.3) is 0 Å². The number of hydrogen-bond acceptors (Lipinski definition) is 3. The molecule has 1 aromatic rings. The zero-order chi connectivity index (χ0) is 15.2. The van der Waals surface area contributed by atoms with Gasteiger partial charge in [0.25, 0.3) is 0 Å². The van der Waals surface area contributed by atoms with Gasteiger partial charge in [-0.3, -0.25) is 9.59 Å². The van der Waals surface area contributed by atoms with Crippen LogP contribution in [0.3, 0.4) is 0 Å². The molecule has 1 aliphatic heterocycles. The smallest absolute Gasteiger partial charge is 0.243 e. The van der Waals surface area contributed by atoms with E-state index in [0.29, 0.717) is 15.7 Å². The van der Waals surface area contributed by atoms with Crippen LogP contribution in [-0.4, -0.2) is 30.9 Å². The fraction of sp³-hybridized carbons (Fsp3) is 0.429. The molecule has 0 radical (unpaired) electrons. The highest BCUT2D eigenvalue weighted by Gasteiger charge is 2.20. The molecule has 0 bridgehead atoms. The number of rotatable bonds is 4. The predicted octanol–water partition coefficient (Wildman–Crippen LogP) is 2.61. The van der Waals surface area contributed by atoms with Gasteiger partial charge >= 0.3 is 0 Å². The van der Waals surface area contributed by atoms with E-state index in [4.69, 9.17) is 23.2 Å². The number of nitrogens with one attached hydrogen (secondary N) is 3. The van der Waals surface area contributed by atoms with Crippen molar-refractivity contribution in [2.45, 2.75) is 25.3 Å². The topological polar surface area (TPSA) is 70.2 Å². The van der Waals surface area contributed by atoms with E-state index >= 15 is 0 Å². The number of carbonyl (C=O) groups excluding carboxylic acids is 2. The van der Waals surface area contributed by atoms with E-state index in [9.17, 15) is 9.59 Å². The predicted molar refractivity (Wildman–Crippen MR) is 91.0 cm³/mol. The standard InChI is InChI=1S/C14H17Cl2N3O2.ClH/c15-9-4-5-10(16)12(7-9)19-13(20)8-18-14(21)11-3-1-2-6-17-11;/h4-5,7,11,17H,1-3,6,8H2,(H,18,21)(H,19,20);1H. The van der Waals surface area contributed by atoms with Crippen LogP contribution in [0.15, 0.2) is 18.2 Å². The van der Waals surface area contributed by atoms with Crippen molar-refractivity contribution in [3.63, 3.8) is 0 Å². The lowest BCUT2D eigenvalue weighted by Gasteiger charge is -2.22. The Morgan fingerprint density at radius 3 is 2.73 bits per heavy atom. The Morgan fingerprint density at radius 2 is 2.05 bits per heavy atom. The molecule has 22 heavy (non-hydrogen) atoms. The summed E-state index contributed by atoms with van der Waals surface area (Å²) in [4.78, 5) is 23.7. The molecule has 1 aliphatic rings. The summed E-state index contributed by atoms with van der Waals surface area (Å²) in [6, 6.07) is 4.59. The number of carbonyl (C=O) groups is 2. The molecule has 3 N–H and O–H groups in total. The molecule has 5 nitrogen and oxygen atoms in total. The van der Waals surface area contributed by atoms with Gasteiger partial charge in [-0.15, -0.1) is 12.4 Å². The molecule has 0 saturated carbocycles. The highest BCUT2D eigenvalue weighted by Crippen LogP contribution is 2.25. The van der Waals surface area contributed by atoms with Gasteiger partial charge in [-0.2, -0.15) is 0 Å². The molecule has 1 saturated heterocycles. The Bertz CT molecular complexity index is 534. The van der Waals surface area contributed by atoms with Crippen molar-refractivity contribution < 1.29 is 9.59 Å². The first kappa shape index (κ1) is 19.0. The summed E-state index contributed by atoms with van der Waals surface area (Å²) < 4.78 is 0. The van der Waals surface area contributed by atoms with E-state index in [2.05, 4.69) is 16.0 Å². The van der Waals surface area contributed by atoms with E-state index in [-0.39, 0.29) is 36.8 Å². The fourth-order valence-corrected chi connectivity index (χ4v) is 2.49. The molecule has 1 fully saturated rings. The number of amides is 2. The van der Waals surface area contributed by atoms with Crippen molar-refractivity contribution in [2.24, 2.45) is 0 Å². The molecule has 1 atom stereocenters. The zero-order valence-electron chi connectivity index (χ0n) is 11.8. The lowest BCUT2D eigenvalue weighted by Crippen LogP contribution is -2.48. The molecule has 0 aromatic heterocycles. The fourth-order valence-electron chi connectivity index (χ4n) is 2.15. The van der Waals surface area contributed by atoms with Gasteiger partial charge in [0.2, 0.25) is 11.8 Å². The minimum absolute atomic E-state index is 0. The van der Waals surface area contributed by atoms with Crippen molar-refractivity contribution in [1.82, 2.24) is 10.6 Å². The van der Waals surface area contributed by atoms with E-state index < -0.39 is 0 Å². The van der Waals surface area contributed by atoms with Crippen LogP contribution >= 0.6 is 35.6 Å². The molecule has 122 valence electrons. The maximum absolute atomic E-state index is 11.9. The monoisotopic (exact) mass is 365 g/mol. The molecule has 1 heterocycles. The summed E-state index contributed by atoms with van der Waals surface area (Å²) in [5.74, 6) is -0.495. The van der Waals surface area contributed by atoms with Crippen LogP contribution in [0.1, 0.15) is 19.3 Å². The molecular formula is C14H18Cl3N3O2. The van der Waals surface area contributed by atoms with Gasteiger partial charge < -0.3 is 16.0 Å².